The van der Waals surface area contributed by atoms with Crippen LogP contribution in [0.15, 0.2) is 0 Å². The van der Waals surface area contributed by atoms with Gasteiger partial charge in [0.25, 0.3) is 0 Å². The SMILES string of the molecule is CC(C)(C)C1CNC(OCC2CCNCC2)CN1. The van der Waals surface area contributed by atoms with E-state index in [1.165, 1.54) is 12.8 Å². The molecule has 0 aromatic rings. The first-order valence-electron chi connectivity index (χ1n) is 7.35. The van der Waals surface area contributed by atoms with E-state index in [9.17, 15) is 0 Å². The number of piperidine rings is 1. The normalized spacial score (nSPS) is 31.5. The average Bonchev–Trinajstić information content (AvgIpc) is 2.37. The van der Waals surface area contributed by atoms with Crippen LogP contribution in [0, 0.1) is 11.3 Å². The van der Waals surface area contributed by atoms with Gasteiger partial charge in [-0.1, -0.05) is 20.8 Å². The fourth-order valence-corrected chi connectivity index (χ4v) is 2.67. The number of piperazine rings is 1. The summed E-state index contributed by atoms with van der Waals surface area (Å²) in [6.45, 7) is 12.0. The van der Waals surface area contributed by atoms with Crippen molar-refractivity contribution in [2.45, 2.75) is 45.9 Å². The van der Waals surface area contributed by atoms with Crippen molar-refractivity contribution < 1.29 is 4.74 Å². The lowest BCUT2D eigenvalue weighted by Crippen LogP contribution is -2.59. The van der Waals surface area contributed by atoms with Gasteiger partial charge in [0.1, 0.15) is 6.23 Å². The maximum atomic E-state index is 5.98. The van der Waals surface area contributed by atoms with Crippen molar-refractivity contribution in [3.05, 3.63) is 0 Å². The van der Waals surface area contributed by atoms with E-state index in [1.807, 2.05) is 0 Å². The van der Waals surface area contributed by atoms with Gasteiger partial charge in [-0.05, 0) is 37.3 Å². The highest BCUT2D eigenvalue weighted by molar-refractivity contribution is 4.87. The molecule has 2 rings (SSSR count). The molecule has 0 aromatic heterocycles. The Morgan fingerprint density at radius 3 is 2.33 bits per heavy atom. The Morgan fingerprint density at radius 2 is 1.78 bits per heavy atom. The summed E-state index contributed by atoms with van der Waals surface area (Å²) < 4.78 is 5.98. The number of ether oxygens (including phenoxy) is 1. The number of hydrogen-bond donors (Lipinski definition) is 3. The van der Waals surface area contributed by atoms with Gasteiger partial charge in [-0.25, -0.2) is 0 Å². The molecule has 106 valence electrons. The van der Waals surface area contributed by atoms with Crippen LogP contribution in [-0.2, 0) is 4.74 Å². The zero-order valence-corrected chi connectivity index (χ0v) is 12.1. The summed E-state index contributed by atoms with van der Waals surface area (Å²) >= 11 is 0. The van der Waals surface area contributed by atoms with Crippen molar-refractivity contribution in [3.63, 3.8) is 0 Å². The standard InChI is InChI=1S/C14H29N3O/c1-14(2,3)12-8-17-13(9-16-12)18-10-11-4-6-15-7-5-11/h11-13,15-17H,4-10H2,1-3H3. The molecule has 0 aliphatic carbocycles. The highest BCUT2D eigenvalue weighted by atomic mass is 16.5. The molecule has 4 heteroatoms. The van der Waals surface area contributed by atoms with Crippen molar-refractivity contribution in [2.24, 2.45) is 11.3 Å². The smallest absolute Gasteiger partial charge is 0.120 e. The quantitative estimate of drug-likeness (QED) is 0.702. The molecule has 2 unspecified atom stereocenters. The monoisotopic (exact) mass is 255 g/mol. The van der Waals surface area contributed by atoms with Crippen LogP contribution >= 0.6 is 0 Å². The third kappa shape index (κ3) is 4.19. The first-order valence-corrected chi connectivity index (χ1v) is 7.35. The molecule has 4 nitrogen and oxygen atoms in total. The number of nitrogens with one attached hydrogen (secondary N) is 3. The van der Waals surface area contributed by atoms with E-state index in [-0.39, 0.29) is 6.23 Å². The second kappa shape index (κ2) is 6.33. The third-order valence-electron chi connectivity index (χ3n) is 4.14. The summed E-state index contributed by atoms with van der Waals surface area (Å²) in [5.41, 5.74) is 0.313. The molecule has 18 heavy (non-hydrogen) atoms. The molecule has 2 atom stereocenters. The maximum Gasteiger partial charge on any atom is 0.120 e. The van der Waals surface area contributed by atoms with Crippen LogP contribution in [0.3, 0.4) is 0 Å². The fourth-order valence-electron chi connectivity index (χ4n) is 2.67. The first kappa shape index (κ1) is 14.3. The first-order chi connectivity index (χ1) is 8.55. The summed E-state index contributed by atoms with van der Waals surface area (Å²) in [7, 11) is 0. The molecule has 0 aromatic carbocycles. The molecule has 2 aliphatic heterocycles. The van der Waals surface area contributed by atoms with Crippen molar-refractivity contribution >= 4 is 0 Å². The van der Waals surface area contributed by atoms with Gasteiger partial charge in [-0.2, -0.15) is 0 Å². The van der Waals surface area contributed by atoms with Crippen LogP contribution in [0.4, 0.5) is 0 Å². The van der Waals surface area contributed by atoms with Gasteiger partial charge in [-0.15, -0.1) is 0 Å². The molecule has 0 spiro atoms. The van der Waals surface area contributed by atoms with Gasteiger partial charge in [0.05, 0.1) is 6.61 Å². The molecule has 3 N–H and O–H groups in total. The van der Waals surface area contributed by atoms with Gasteiger partial charge in [-0.3, -0.25) is 5.32 Å². The van der Waals surface area contributed by atoms with Crippen molar-refractivity contribution in [2.75, 3.05) is 32.8 Å². The molecule has 2 fully saturated rings. The van der Waals surface area contributed by atoms with Crippen molar-refractivity contribution in [3.8, 4) is 0 Å². The average molecular weight is 255 g/mol. The zero-order valence-electron chi connectivity index (χ0n) is 12.1. The third-order valence-corrected chi connectivity index (χ3v) is 4.14. The van der Waals surface area contributed by atoms with Gasteiger partial charge in [0.2, 0.25) is 0 Å². The number of rotatable bonds is 3. The Morgan fingerprint density at radius 1 is 1.06 bits per heavy atom. The Balaban J connectivity index is 1.64. The summed E-state index contributed by atoms with van der Waals surface area (Å²) in [6.07, 6.45) is 2.70. The van der Waals surface area contributed by atoms with Gasteiger partial charge < -0.3 is 15.4 Å². The fraction of sp³-hybridized carbons (Fsp3) is 1.00. The lowest BCUT2D eigenvalue weighted by atomic mass is 9.86. The Hall–Kier alpha value is -0.160. The lowest BCUT2D eigenvalue weighted by Gasteiger charge is -2.39. The molecule has 0 saturated carbocycles. The predicted octanol–water partition coefficient (Wildman–Crippen LogP) is 0.936. The van der Waals surface area contributed by atoms with E-state index < -0.39 is 0 Å². The van der Waals surface area contributed by atoms with E-state index in [2.05, 4.69) is 36.7 Å². The summed E-state index contributed by atoms with van der Waals surface area (Å²) in [4.78, 5) is 0. The molecular formula is C14H29N3O. The summed E-state index contributed by atoms with van der Waals surface area (Å²) in [5.74, 6) is 0.744. The van der Waals surface area contributed by atoms with Crippen LogP contribution in [0.5, 0.6) is 0 Å². The summed E-state index contributed by atoms with van der Waals surface area (Å²) in [5, 5.41) is 10.5. The second-order valence-corrected chi connectivity index (χ2v) is 6.75. The topological polar surface area (TPSA) is 45.3 Å². The van der Waals surface area contributed by atoms with Gasteiger partial charge in [0.15, 0.2) is 0 Å². The van der Waals surface area contributed by atoms with Crippen molar-refractivity contribution in [1.82, 2.24) is 16.0 Å². The van der Waals surface area contributed by atoms with E-state index in [0.29, 0.717) is 11.5 Å². The Bertz CT molecular complexity index is 238. The predicted molar refractivity (Wildman–Crippen MR) is 74.6 cm³/mol. The van der Waals surface area contributed by atoms with Gasteiger partial charge in [0, 0.05) is 19.1 Å². The van der Waals surface area contributed by atoms with Crippen molar-refractivity contribution in [1.29, 1.82) is 0 Å². The largest absolute Gasteiger partial charge is 0.362 e. The molecular weight excluding hydrogens is 226 g/mol. The molecule has 0 radical (unpaired) electrons. The van der Waals surface area contributed by atoms with E-state index >= 15 is 0 Å². The molecule has 0 bridgehead atoms. The Kier molecular flexibility index (Phi) is 5.01. The summed E-state index contributed by atoms with van der Waals surface area (Å²) in [6, 6.07) is 0.538. The van der Waals surface area contributed by atoms with Crippen LogP contribution in [0.25, 0.3) is 0 Å². The number of hydrogen-bond acceptors (Lipinski definition) is 4. The van der Waals surface area contributed by atoms with E-state index in [0.717, 1.165) is 38.7 Å². The van der Waals surface area contributed by atoms with Crippen LogP contribution in [0.1, 0.15) is 33.6 Å². The minimum Gasteiger partial charge on any atom is -0.362 e. The molecule has 2 heterocycles. The maximum absolute atomic E-state index is 5.98. The minimum absolute atomic E-state index is 0.193. The highest BCUT2D eigenvalue weighted by Gasteiger charge is 2.29. The lowest BCUT2D eigenvalue weighted by molar-refractivity contribution is -0.0164. The zero-order chi connectivity index (χ0) is 13.0. The van der Waals surface area contributed by atoms with Crippen LogP contribution in [-0.4, -0.2) is 45.1 Å². The molecule has 2 saturated heterocycles. The van der Waals surface area contributed by atoms with E-state index in [1.54, 1.807) is 0 Å². The molecule has 0 amide bonds. The Labute approximate surface area is 111 Å². The minimum atomic E-state index is 0.193. The van der Waals surface area contributed by atoms with Crippen LogP contribution in [0.2, 0.25) is 0 Å². The van der Waals surface area contributed by atoms with Gasteiger partial charge >= 0.3 is 0 Å². The van der Waals surface area contributed by atoms with Crippen LogP contribution < -0.4 is 16.0 Å². The second-order valence-electron chi connectivity index (χ2n) is 6.75. The van der Waals surface area contributed by atoms with E-state index in [4.69, 9.17) is 4.74 Å². The highest BCUT2D eigenvalue weighted by Crippen LogP contribution is 2.20. The molecule has 2 aliphatic rings.